The van der Waals surface area contributed by atoms with E-state index < -0.39 is 5.97 Å². The summed E-state index contributed by atoms with van der Waals surface area (Å²) < 4.78 is 4.92. The number of hydrogen-bond donors (Lipinski definition) is 0. The molecule has 1 heterocycles. The number of allylic oxidation sites excluding steroid dienone is 1. The molecule has 2 aromatic rings. The number of aryl methyl sites for hydroxylation is 1. The molecular weight excluding hydrogens is 354 g/mol. The Kier molecular flexibility index (Phi) is 5.27. The van der Waals surface area contributed by atoms with Crippen molar-refractivity contribution in [3.63, 3.8) is 0 Å². The smallest absolute Gasteiger partial charge is 0.340 e. The monoisotopic (exact) mass is 375 g/mol. The summed E-state index contributed by atoms with van der Waals surface area (Å²) >= 11 is 0. The molecule has 0 aromatic heterocycles. The molecule has 0 aliphatic carbocycles. The predicted molar refractivity (Wildman–Crippen MR) is 108 cm³/mol. The summed E-state index contributed by atoms with van der Waals surface area (Å²) in [5.41, 5.74) is 3.85. The lowest BCUT2D eigenvalue weighted by atomic mass is 10.0. The lowest BCUT2D eigenvalue weighted by molar-refractivity contribution is -0.136. The number of amides is 1. The fourth-order valence-electron chi connectivity index (χ4n) is 3.28. The van der Waals surface area contributed by atoms with Gasteiger partial charge < -0.3 is 4.74 Å². The van der Waals surface area contributed by atoms with Gasteiger partial charge >= 0.3 is 5.97 Å². The van der Waals surface area contributed by atoms with Gasteiger partial charge in [-0.3, -0.25) is 14.5 Å². The highest BCUT2D eigenvalue weighted by atomic mass is 16.5. The normalized spacial score (nSPS) is 15.4. The number of Topliss-reactive ketones (excluding diaryl/α,β-unsaturated/α-hetero) is 1. The van der Waals surface area contributed by atoms with E-state index in [-0.39, 0.29) is 22.8 Å². The van der Waals surface area contributed by atoms with Crippen molar-refractivity contribution in [3.05, 3.63) is 82.1 Å². The maximum absolute atomic E-state index is 13.2. The maximum atomic E-state index is 13.2. The number of methoxy groups -OCH3 is 1. The molecule has 0 saturated carbocycles. The first kappa shape index (κ1) is 19.3. The van der Waals surface area contributed by atoms with Gasteiger partial charge in [0.15, 0.2) is 5.78 Å². The largest absolute Gasteiger partial charge is 0.465 e. The van der Waals surface area contributed by atoms with Gasteiger partial charge in [0.2, 0.25) is 0 Å². The van der Waals surface area contributed by atoms with Crippen LogP contribution in [0.2, 0.25) is 0 Å². The predicted octanol–water partition coefficient (Wildman–Crippen LogP) is 4.07. The molecule has 5 nitrogen and oxygen atoms in total. The molecule has 0 fully saturated rings. The molecule has 1 aliphatic heterocycles. The molecule has 1 amide bonds. The van der Waals surface area contributed by atoms with Crippen molar-refractivity contribution in [2.24, 2.45) is 0 Å². The van der Waals surface area contributed by atoms with E-state index in [1.807, 2.05) is 31.2 Å². The molecule has 0 atom stereocenters. The first-order chi connectivity index (χ1) is 13.3. The molecule has 2 aromatic carbocycles. The Hall–Kier alpha value is -3.47. The van der Waals surface area contributed by atoms with Gasteiger partial charge in [-0.25, -0.2) is 4.79 Å². The van der Waals surface area contributed by atoms with Gasteiger partial charge in [-0.1, -0.05) is 42.0 Å². The number of esters is 1. The summed E-state index contributed by atoms with van der Waals surface area (Å²) in [6.07, 6.45) is 1.69. The van der Waals surface area contributed by atoms with Crippen molar-refractivity contribution < 1.29 is 19.1 Å². The van der Waals surface area contributed by atoms with E-state index in [0.717, 1.165) is 11.1 Å². The Morgan fingerprint density at radius 2 is 1.75 bits per heavy atom. The SMILES string of the molecule is COC(=O)C1=C(C)N(c2cccc(C(C)=O)c2)C(=O)/C1=C\c1cccc(C)c1. The number of rotatable bonds is 4. The number of ketones is 1. The summed E-state index contributed by atoms with van der Waals surface area (Å²) in [6.45, 7) is 5.12. The minimum Gasteiger partial charge on any atom is -0.465 e. The fourth-order valence-corrected chi connectivity index (χ4v) is 3.28. The third kappa shape index (κ3) is 3.51. The van der Waals surface area contributed by atoms with E-state index in [1.54, 1.807) is 37.3 Å². The molecule has 142 valence electrons. The van der Waals surface area contributed by atoms with Crippen LogP contribution in [0.4, 0.5) is 5.69 Å². The lowest BCUT2D eigenvalue weighted by Crippen LogP contribution is -2.24. The summed E-state index contributed by atoms with van der Waals surface area (Å²) in [5.74, 6) is -1.01. The summed E-state index contributed by atoms with van der Waals surface area (Å²) in [5, 5.41) is 0. The van der Waals surface area contributed by atoms with Crippen LogP contribution in [-0.4, -0.2) is 24.8 Å². The molecule has 0 saturated heterocycles. The first-order valence-corrected chi connectivity index (χ1v) is 8.87. The zero-order chi connectivity index (χ0) is 20.4. The van der Waals surface area contributed by atoms with Crippen LogP contribution >= 0.6 is 0 Å². The van der Waals surface area contributed by atoms with Crippen LogP contribution < -0.4 is 4.90 Å². The van der Waals surface area contributed by atoms with E-state index >= 15 is 0 Å². The van der Waals surface area contributed by atoms with E-state index in [4.69, 9.17) is 4.74 Å². The standard InChI is InChI=1S/C23H21NO4/c1-14-7-5-8-17(11-14)12-20-21(23(27)28-4)15(2)24(22(20)26)19-10-6-9-18(13-19)16(3)25/h5-13H,1-4H3/b20-12-. The molecule has 0 radical (unpaired) electrons. The molecule has 0 bridgehead atoms. The minimum absolute atomic E-state index is 0.0983. The average Bonchev–Trinajstić information content (AvgIpc) is 2.91. The summed E-state index contributed by atoms with van der Waals surface area (Å²) in [4.78, 5) is 38.9. The van der Waals surface area contributed by atoms with E-state index in [1.165, 1.54) is 18.9 Å². The Balaban J connectivity index is 2.15. The van der Waals surface area contributed by atoms with Crippen LogP contribution in [0, 0.1) is 6.92 Å². The molecule has 5 heteroatoms. The molecule has 0 spiro atoms. The van der Waals surface area contributed by atoms with Crippen LogP contribution in [0.3, 0.4) is 0 Å². The molecule has 0 N–H and O–H groups in total. The van der Waals surface area contributed by atoms with Gasteiger partial charge in [-0.2, -0.15) is 0 Å². The number of ether oxygens (including phenoxy) is 1. The zero-order valence-electron chi connectivity index (χ0n) is 16.3. The van der Waals surface area contributed by atoms with Crippen LogP contribution in [-0.2, 0) is 14.3 Å². The van der Waals surface area contributed by atoms with Crippen LogP contribution in [0.1, 0.15) is 35.3 Å². The van der Waals surface area contributed by atoms with Gasteiger partial charge in [0, 0.05) is 16.9 Å². The Bertz CT molecular complexity index is 1050. The second-order valence-electron chi connectivity index (χ2n) is 6.67. The fraction of sp³-hybridized carbons (Fsp3) is 0.174. The van der Waals surface area contributed by atoms with E-state index in [2.05, 4.69) is 0 Å². The van der Waals surface area contributed by atoms with Gasteiger partial charge in [0.1, 0.15) is 0 Å². The average molecular weight is 375 g/mol. The molecular formula is C23H21NO4. The quantitative estimate of drug-likeness (QED) is 0.459. The van der Waals surface area contributed by atoms with Crippen molar-refractivity contribution in [2.75, 3.05) is 12.0 Å². The topological polar surface area (TPSA) is 63.7 Å². The van der Waals surface area contributed by atoms with Gasteiger partial charge in [-0.05, 0) is 44.5 Å². The van der Waals surface area contributed by atoms with Crippen LogP contribution in [0.5, 0.6) is 0 Å². The number of carbonyl (C=O) groups excluding carboxylic acids is 3. The summed E-state index contributed by atoms with van der Waals surface area (Å²) in [6, 6.07) is 14.4. The van der Waals surface area contributed by atoms with Gasteiger partial charge in [0.05, 0.1) is 18.3 Å². The third-order valence-corrected chi connectivity index (χ3v) is 4.65. The Morgan fingerprint density at radius 3 is 2.39 bits per heavy atom. The van der Waals surface area contributed by atoms with Crippen molar-refractivity contribution in [1.29, 1.82) is 0 Å². The second-order valence-corrected chi connectivity index (χ2v) is 6.67. The van der Waals surface area contributed by atoms with Gasteiger partial charge in [0.25, 0.3) is 5.91 Å². The highest BCUT2D eigenvalue weighted by Gasteiger charge is 2.38. The Labute approximate surface area is 163 Å². The molecule has 0 unspecified atom stereocenters. The van der Waals surface area contributed by atoms with E-state index in [0.29, 0.717) is 16.9 Å². The number of anilines is 1. The molecule has 3 rings (SSSR count). The van der Waals surface area contributed by atoms with Crippen LogP contribution in [0.15, 0.2) is 65.4 Å². The van der Waals surface area contributed by atoms with Crippen molar-refractivity contribution in [3.8, 4) is 0 Å². The van der Waals surface area contributed by atoms with Crippen LogP contribution in [0.25, 0.3) is 6.08 Å². The van der Waals surface area contributed by atoms with E-state index in [9.17, 15) is 14.4 Å². The minimum atomic E-state index is -0.574. The van der Waals surface area contributed by atoms with Crippen molar-refractivity contribution in [2.45, 2.75) is 20.8 Å². The molecule has 28 heavy (non-hydrogen) atoms. The van der Waals surface area contributed by atoms with Crippen molar-refractivity contribution in [1.82, 2.24) is 0 Å². The molecule has 1 aliphatic rings. The number of benzene rings is 2. The third-order valence-electron chi connectivity index (χ3n) is 4.65. The summed E-state index contributed by atoms with van der Waals surface area (Å²) in [7, 11) is 1.29. The number of carbonyl (C=O) groups is 3. The van der Waals surface area contributed by atoms with Gasteiger partial charge in [-0.15, -0.1) is 0 Å². The highest BCUT2D eigenvalue weighted by molar-refractivity contribution is 6.24. The lowest BCUT2D eigenvalue weighted by Gasteiger charge is -2.18. The maximum Gasteiger partial charge on any atom is 0.340 e. The highest BCUT2D eigenvalue weighted by Crippen LogP contribution is 2.35. The number of nitrogens with zero attached hydrogens (tertiary/aromatic N) is 1. The Morgan fingerprint density at radius 1 is 1.04 bits per heavy atom. The zero-order valence-corrected chi connectivity index (χ0v) is 16.3. The first-order valence-electron chi connectivity index (χ1n) is 8.87. The van der Waals surface area contributed by atoms with Crippen molar-refractivity contribution >= 4 is 29.4 Å². The number of hydrogen-bond acceptors (Lipinski definition) is 4. The second kappa shape index (κ2) is 7.64.